The van der Waals surface area contributed by atoms with Crippen LogP contribution in [0.3, 0.4) is 0 Å². The SMILES string of the molecule is O=C(OC1C(OC(=O)c2ccccc2)[C@](O)(OCc2ccccc2)O[C@H]1CBr)c1ccccc1. The van der Waals surface area contributed by atoms with Gasteiger partial charge in [0.2, 0.25) is 6.10 Å². The molecule has 3 aromatic rings. The van der Waals surface area contributed by atoms with Crippen LogP contribution in [-0.4, -0.2) is 46.7 Å². The normalized spacial score (nSPS) is 23.9. The van der Waals surface area contributed by atoms with Crippen molar-refractivity contribution < 1.29 is 33.6 Å². The van der Waals surface area contributed by atoms with Crippen LogP contribution in [0.2, 0.25) is 0 Å². The fourth-order valence-electron chi connectivity index (χ4n) is 3.55. The smallest absolute Gasteiger partial charge is 0.338 e. The van der Waals surface area contributed by atoms with Gasteiger partial charge in [-0.15, -0.1) is 0 Å². The Bertz CT molecular complexity index is 1090. The summed E-state index contributed by atoms with van der Waals surface area (Å²) in [4.78, 5) is 25.7. The van der Waals surface area contributed by atoms with Gasteiger partial charge in [-0.1, -0.05) is 82.7 Å². The highest BCUT2D eigenvalue weighted by atomic mass is 79.9. The summed E-state index contributed by atoms with van der Waals surface area (Å²) in [6.45, 7) is -0.0227. The van der Waals surface area contributed by atoms with Crippen molar-refractivity contribution in [3.8, 4) is 0 Å². The Morgan fingerprint density at radius 3 is 1.85 bits per heavy atom. The number of carbonyl (C=O) groups is 2. The molecule has 0 aromatic heterocycles. The minimum atomic E-state index is -2.35. The Morgan fingerprint density at radius 1 is 0.824 bits per heavy atom. The minimum absolute atomic E-state index is 0.0227. The van der Waals surface area contributed by atoms with E-state index in [4.69, 9.17) is 18.9 Å². The summed E-state index contributed by atoms with van der Waals surface area (Å²) in [5.74, 6) is -3.71. The maximum Gasteiger partial charge on any atom is 0.338 e. The first-order chi connectivity index (χ1) is 16.5. The first kappa shape index (κ1) is 24.1. The van der Waals surface area contributed by atoms with E-state index < -0.39 is 36.2 Å². The van der Waals surface area contributed by atoms with Crippen LogP contribution in [0.4, 0.5) is 0 Å². The second kappa shape index (κ2) is 10.9. The number of benzene rings is 3. The summed E-state index contributed by atoms with van der Waals surface area (Å²) in [5, 5.41) is 11.5. The zero-order valence-corrected chi connectivity index (χ0v) is 19.7. The van der Waals surface area contributed by atoms with Gasteiger partial charge in [-0.2, -0.15) is 0 Å². The van der Waals surface area contributed by atoms with Crippen molar-refractivity contribution in [3.05, 3.63) is 108 Å². The maximum absolute atomic E-state index is 12.9. The predicted molar refractivity (Wildman–Crippen MR) is 126 cm³/mol. The van der Waals surface area contributed by atoms with Crippen molar-refractivity contribution in [2.45, 2.75) is 30.9 Å². The van der Waals surface area contributed by atoms with Gasteiger partial charge in [0.25, 0.3) is 0 Å². The Hall–Kier alpha value is -3.04. The zero-order chi connectivity index (χ0) is 24.0. The van der Waals surface area contributed by atoms with Crippen molar-refractivity contribution >= 4 is 27.9 Å². The van der Waals surface area contributed by atoms with Gasteiger partial charge in [0, 0.05) is 5.33 Å². The van der Waals surface area contributed by atoms with E-state index in [1.165, 1.54) is 0 Å². The predicted octanol–water partition coefficient (Wildman–Crippen LogP) is 4.09. The number of halogens is 1. The molecule has 2 unspecified atom stereocenters. The number of hydrogen-bond acceptors (Lipinski definition) is 7. The third-order valence-corrected chi connectivity index (χ3v) is 5.92. The molecule has 0 spiro atoms. The average molecular weight is 527 g/mol. The molecule has 0 saturated carbocycles. The molecule has 0 amide bonds. The number of alkyl halides is 1. The fourth-order valence-corrected chi connectivity index (χ4v) is 4.05. The number of rotatable bonds is 8. The molecule has 4 rings (SSSR count). The zero-order valence-electron chi connectivity index (χ0n) is 18.1. The maximum atomic E-state index is 12.9. The summed E-state index contributed by atoms with van der Waals surface area (Å²) in [6, 6.07) is 25.8. The Kier molecular flexibility index (Phi) is 7.74. The molecule has 0 bridgehead atoms. The van der Waals surface area contributed by atoms with Gasteiger partial charge < -0.3 is 24.1 Å². The van der Waals surface area contributed by atoms with Crippen LogP contribution in [-0.2, 0) is 25.6 Å². The Labute approximate surface area is 205 Å². The van der Waals surface area contributed by atoms with E-state index >= 15 is 0 Å². The molecule has 0 aliphatic carbocycles. The summed E-state index contributed by atoms with van der Waals surface area (Å²) in [5.41, 5.74) is 1.35. The van der Waals surface area contributed by atoms with Gasteiger partial charge in [-0.25, -0.2) is 9.59 Å². The van der Waals surface area contributed by atoms with Crippen molar-refractivity contribution in [2.24, 2.45) is 0 Å². The third kappa shape index (κ3) is 5.53. The molecule has 3 aromatic carbocycles. The Morgan fingerprint density at radius 2 is 1.32 bits per heavy atom. The van der Waals surface area contributed by atoms with E-state index in [0.29, 0.717) is 5.56 Å². The Balaban J connectivity index is 1.61. The lowest BCUT2D eigenvalue weighted by molar-refractivity contribution is -0.378. The lowest BCUT2D eigenvalue weighted by Gasteiger charge is -2.29. The van der Waals surface area contributed by atoms with Crippen LogP contribution in [0, 0.1) is 0 Å². The largest absolute Gasteiger partial charge is 0.452 e. The van der Waals surface area contributed by atoms with E-state index in [1.54, 1.807) is 60.7 Å². The van der Waals surface area contributed by atoms with E-state index in [1.807, 2.05) is 30.3 Å². The lowest BCUT2D eigenvalue weighted by Crippen LogP contribution is -2.49. The lowest BCUT2D eigenvalue weighted by atomic mass is 10.1. The second-order valence-electron chi connectivity index (χ2n) is 7.64. The van der Waals surface area contributed by atoms with Gasteiger partial charge in [-0.3, -0.25) is 0 Å². The molecule has 176 valence electrons. The number of aliphatic hydroxyl groups is 1. The summed E-state index contributed by atoms with van der Waals surface area (Å²) in [6.07, 6.45) is -3.43. The average Bonchev–Trinajstić information content (AvgIpc) is 3.15. The second-order valence-corrected chi connectivity index (χ2v) is 8.29. The van der Waals surface area contributed by atoms with E-state index in [9.17, 15) is 14.7 Å². The third-order valence-electron chi connectivity index (χ3n) is 5.28. The number of carbonyl (C=O) groups excluding carboxylic acids is 2. The first-order valence-electron chi connectivity index (χ1n) is 10.7. The van der Waals surface area contributed by atoms with E-state index in [-0.39, 0.29) is 17.5 Å². The molecule has 8 heteroatoms. The summed E-state index contributed by atoms with van der Waals surface area (Å²) in [7, 11) is 0. The van der Waals surface area contributed by atoms with Crippen molar-refractivity contribution in [1.82, 2.24) is 0 Å². The van der Waals surface area contributed by atoms with Crippen LogP contribution in [0.1, 0.15) is 26.3 Å². The van der Waals surface area contributed by atoms with Gasteiger partial charge in [0.05, 0.1) is 17.7 Å². The van der Waals surface area contributed by atoms with Crippen molar-refractivity contribution in [3.63, 3.8) is 0 Å². The van der Waals surface area contributed by atoms with Crippen LogP contribution in [0.5, 0.6) is 0 Å². The minimum Gasteiger partial charge on any atom is -0.452 e. The van der Waals surface area contributed by atoms with Crippen LogP contribution in [0.15, 0.2) is 91.0 Å². The molecule has 34 heavy (non-hydrogen) atoms. The van der Waals surface area contributed by atoms with Gasteiger partial charge >= 0.3 is 17.9 Å². The molecule has 0 radical (unpaired) electrons. The number of hydrogen-bond donors (Lipinski definition) is 1. The first-order valence-corrected chi connectivity index (χ1v) is 11.8. The van der Waals surface area contributed by atoms with Crippen molar-refractivity contribution in [1.29, 1.82) is 0 Å². The standard InChI is InChI=1S/C26H23BrO7/c27-16-21-22(32-24(28)19-12-6-2-7-13-19)23(33-25(29)20-14-8-3-9-15-20)26(30,34-21)31-17-18-10-4-1-5-11-18/h1-15,21-23,30H,16-17H2/t21-,22?,23?,26-/m0/s1. The molecule has 7 nitrogen and oxygen atoms in total. The molecule has 1 saturated heterocycles. The monoisotopic (exact) mass is 526 g/mol. The van der Waals surface area contributed by atoms with Crippen molar-refractivity contribution in [2.75, 3.05) is 5.33 Å². The highest BCUT2D eigenvalue weighted by Gasteiger charge is 2.60. The molecular formula is C26H23BrO7. The molecular weight excluding hydrogens is 504 g/mol. The molecule has 1 aliphatic rings. The topological polar surface area (TPSA) is 91.3 Å². The molecule has 1 heterocycles. The van der Waals surface area contributed by atoms with Crippen LogP contribution in [0.25, 0.3) is 0 Å². The van der Waals surface area contributed by atoms with Gasteiger partial charge in [0.15, 0.2) is 6.10 Å². The highest BCUT2D eigenvalue weighted by molar-refractivity contribution is 9.09. The molecule has 1 N–H and O–H groups in total. The molecule has 1 aliphatic heterocycles. The number of ether oxygens (including phenoxy) is 4. The molecule has 1 fully saturated rings. The quantitative estimate of drug-likeness (QED) is 0.268. The summed E-state index contributed by atoms with van der Waals surface area (Å²) < 4.78 is 22.8. The van der Waals surface area contributed by atoms with E-state index in [2.05, 4.69) is 15.9 Å². The van der Waals surface area contributed by atoms with Crippen LogP contribution < -0.4 is 0 Å². The van der Waals surface area contributed by atoms with E-state index in [0.717, 1.165) is 5.56 Å². The number of esters is 2. The fraction of sp³-hybridized carbons (Fsp3) is 0.231. The van der Waals surface area contributed by atoms with Gasteiger partial charge in [0.1, 0.15) is 6.10 Å². The molecule has 4 atom stereocenters. The van der Waals surface area contributed by atoms with Gasteiger partial charge in [-0.05, 0) is 29.8 Å². The summed E-state index contributed by atoms with van der Waals surface area (Å²) >= 11 is 3.33. The highest BCUT2D eigenvalue weighted by Crippen LogP contribution is 2.37. The van der Waals surface area contributed by atoms with Crippen LogP contribution >= 0.6 is 15.9 Å².